The second-order valence-corrected chi connectivity index (χ2v) is 5.76. The molecule has 18 heavy (non-hydrogen) atoms. The minimum Gasteiger partial charge on any atom is -0.359 e. The molecule has 0 saturated carbocycles. The van der Waals surface area contributed by atoms with Crippen LogP contribution in [0.15, 0.2) is 0 Å². The molecule has 4 heteroatoms. The molecule has 0 aromatic carbocycles. The third-order valence-corrected chi connectivity index (χ3v) is 3.63. The van der Waals surface area contributed by atoms with E-state index in [1.165, 1.54) is 12.8 Å². The van der Waals surface area contributed by atoms with Crippen LogP contribution in [0.5, 0.6) is 0 Å². The Balaban J connectivity index is 2.07. The number of carbonyl (C=O) groups excluding carboxylic acids is 1. The van der Waals surface area contributed by atoms with E-state index in [0.29, 0.717) is 6.42 Å². The van der Waals surface area contributed by atoms with Crippen LogP contribution in [0.25, 0.3) is 0 Å². The fourth-order valence-corrected chi connectivity index (χ4v) is 2.37. The average Bonchev–Trinajstić information content (AvgIpc) is 2.37. The Bertz CT molecular complexity index is 235. The molecule has 0 spiro atoms. The third-order valence-electron chi connectivity index (χ3n) is 3.63. The molecule has 0 unspecified atom stereocenters. The van der Waals surface area contributed by atoms with Gasteiger partial charge in [-0.1, -0.05) is 13.8 Å². The number of likely N-dealkylation sites (tertiary alicyclic amines) is 1. The fraction of sp³-hybridized carbons (Fsp3) is 0.929. The second kappa shape index (κ2) is 8.48. The molecule has 0 aromatic heterocycles. The fourth-order valence-electron chi connectivity index (χ4n) is 2.37. The van der Waals surface area contributed by atoms with Gasteiger partial charge in [-0.3, -0.25) is 4.79 Å². The lowest BCUT2D eigenvalue weighted by molar-refractivity contribution is -0.121. The van der Waals surface area contributed by atoms with E-state index in [-0.39, 0.29) is 5.91 Å². The molecule has 0 bridgehead atoms. The summed E-state index contributed by atoms with van der Waals surface area (Å²) in [5, 5.41) is 6.22. The normalized spacial score (nSPS) is 18.2. The molecule has 1 aliphatic heterocycles. The Kier molecular flexibility index (Phi) is 7.28. The van der Waals surface area contributed by atoms with Gasteiger partial charge in [-0.15, -0.1) is 0 Å². The number of hydrogen-bond donors (Lipinski definition) is 2. The molecule has 0 radical (unpaired) electrons. The number of hydrogen-bond acceptors (Lipinski definition) is 3. The largest absolute Gasteiger partial charge is 0.359 e. The predicted octanol–water partition coefficient (Wildman–Crippen LogP) is 1.08. The minimum atomic E-state index is 0.149. The number of nitrogens with zero attached hydrogens (tertiary/aromatic N) is 1. The summed E-state index contributed by atoms with van der Waals surface area (Å²) in [6.45, 7) is 9.96. The molecule has 0 aliphatic carbocycles. The number of amides is 1. The van der Waals surface area contributed by atoms with Gasteiger partial charge >= 0.3 is 0 Å². The van der Waals surface area contributed by atoms with E-state index in [4.69, 9.17) is 0 Å². The first-order valence-corrected chi connectivity index (χ1v) is 7.25. The van der Waals surface area contributed by atoms with Crippen molar-refractivity contribution in [1.29, 1.82) is 0 Å². The zero-order chi connectivity index (χ0) is 13.4. The number of carbonyl (C=O) groups is 1. The van der Waals surface area contributed by atoms with Crippen molar-refractivity contribution < 1.29 is 4.79 Å². The van der Waals surface area contributed by atoms with Crippen LogP contribution in [-0.4, -0.2) is 50.6 Å². The molecule has 1 heterocycles. The molecule has 1 saturated heterocycles. The van der Waals surface area contributed by atoms with Gasteiger partial charge in [0.1, 0.15) is 0 Å². The van der Waals surface area contributed by atoms with Crippen molar-refractivity contribution in [3.8, 4) is 0 Å². The van der Waals surface area contributed by atoms with Crippen LogP contribution in [0.4, 0.5) is 0 Å². The van der Waals surface area contributed by atoms with Crippen molar-refractivity contribution in [2.75, 3.05) is 39.8 Å². The highest BCUT2D eigenvalue weighted by Crippen LogP contribution is 2.16. The van der Waals surface area contributed by atoms with Crippen LogP contribution in [0.3, 0.4) is 0 Å². The van der Waals surface area contributed by atoms with Crippen LogP contribution in [0.2, 0.25) is 0 Å². The van der Waals surface area contributed by atoms with Gasteiger partial charge in [0.25, 0.3) is 0 Å². The first kappa shape index (κ1) is 15.4. The summed E-state index contributed by atoms with van der Waals surface area (Å²) in [6, 6.07) is 0. The molecule has 1 rings (SSSR count). The van der Waals surface area contributed by atoms with Crippen molar-refractivity contribution in [3.63, 3.8) is 0 Å². The van der Waals surface area contributed by atoms with E-state index in [1.54, 1.807) is 7.05 Å². The Morgan fingerprint density at radius 3 is 2.56 bits per heavy atom. The van der Waals surface area contributed by atoms with Gasteiger partial charge in [0, 0.05) is 20.0 Å². The topological polar surface area (TPSA) is 44.4 Å². The maximum absolute atomic E-state index is 11.2. The minimum absolute atomic E-state index is 0.149. The predicted molar refractivity (Wildman–Crippen MR) is 75.6 cm³/mol. The first-order chi connectivity index (χ1) is 8.61. The molecular formula is C14H29N3O. The molecule has 1 aliphatic rings. The second-order valence-electron chi connectivity index (χ2n) is 5.76. The van der Waals surface area contributed by atoms with Gasteiger partial charge in [-0.25, -0.2) is 0 Å². The van der Waals surface area contributed by atoms with Crippen LogP contribution in [0.1, 0.15) is 33.1 Å². The van der Waals surface area contributed by atoms with Crippen molar-refractivity contribution >= 4 is 5.91 Å². The lowest BCUT2D eigenvalue weighted by Gasteiger charge is -2.32. The highest BCUT2D eigenvalue weighted by molar-refractivity contribution is 5.75. The quantitative estimate of drug-likeness (QED) is 0.715. The summed E-state index contributed by atoms with van der Waals surface area (Å²) in [5.41, 5.74) is 0. The maximum Gasteiger partial charge on any atom is 0.221 e. The van der Waals surface area contributed by atoms with E-state index >= 15 is 0 Å². The zero-order valence-electron chi connectivity index (χ0n) is 12.2. The summed E-state index contributed by atoms with van der Waals surface area (Å²) < 4.78 is 0. The molecule has 0 atom stereocenters. The maximum atomic E-state index is 11.2. The van der Waals surface area contributed by atoms with E-state index in [1.807, 2.05) is 0 Å². The smallest absolute Gasteiger partial charge is 0.221 e. The molecule has 4 nitrogen and oxygen atoms in total. The van der Waals surface area contributed by atoms with Crippen molar-refractivity contribution in [2.45, 2.75) is 33.1 Å². The molecular weight excluding hydrogens is 226 g/mol. The van der Waals surface area contributed by atoms with Crippen LogP contribution < -0.4 is 10.6 Å². The van der Waals surface area contributed by atoms with Gasteiger partial charge in [0.05, 0.1) is 0 Å². The first-order valence-electron chi connectivity index (χ1n) is 7.25. The van der Waals surface area contributed by atoms with E-state index in [2.05, 4.69) is 29.4 Å². The van der Waals surface area contributed by atoms with E-state index in [9.17, 15) is 4.79 Å². The molecule has 2 N–H and O–H groups in total. The lowest BCUT2D eigenvalue weighted by atomic mass is 9.96. The monoisotopic (exact) mass is 255 g/mol. The van der Waals surface area contributed by atoms with Crippen molar-refractivity contribution in [3.05, 3.63) is 0 Å². The Labute approximate surface area is 111 Å². The molecule has 106 valence electrons. The summed E-state index contributed by atoms with van der Waals surface area (Å²) in [5.74, 6) is 1.70. The summed E-state index contributed by atoms with van der Waals surface area (Å²) in [6.07, 6.45) is 3.16. The highest BCUT2D eigenvalue weighted by Gasteiger charge is 2.19. The van der Waals surface area contributed by atoms with Crippen LogP contribution in [-0.2, 0) is 4.79 Å². The third kappa shape index (κ3) is 6.36. The average molecular weight is 255 g/mol. The van der Waals surface area contributed by atoms with Gasteiger partial charge < -0.3 is 15.5 Å². The number of rotatable bonds is 7. The van der Waals surface area contributed by atoms with E-state index in [0.717, 1.165) is 44.6 Å². The number of nitrogens with one attached hydrogen (secondary N) is 2. The Morgan fingerprint density at radius 1 is 1.33 bits per heavy atom. The van der Waals surface area contributed by atoms with Gasteiger partial charge in [-0.2, -0.15) is 0 Å². The Hall–Kier alpha value is -0.610. The van der Waals surface area contributed by atoms with Crippen molar-refractivity contribution in [2.24, 2.45) is 11.8 Å². The Morgan fingerprint density at radius 2 is 2.00 bits per heavy atom. The molecule has 0 aromatic rings. The van der Waals surface area contributed by atoms with Crippen molar-refractivity contribution in [1.82, 2.24) is 15.5 Å². The van der Waals surface area contributed by atoms with E-state index < -0.39 is 0 Å². The highest BCUT2D eigenvalue weighted by atomic mass is 16.1. The van der Waals surface area contributed by atoms with Crippen LogP contribution >= 0.6 is 0 Å². The van der Waals surface area contributed by atoms with Crippen LogP contribution in [0, 0.1) is 11.8 Å². The van der Waals surface area contributed by atoms with Gasteiger partial charge in [0.2, 0.25) is 5.91 Å². The summed E-state index contributed by atoms with van der Waals surface area (Å²) >= 11 is 0. The summed E-state index contributed by atoms with van der Waals surface area (Å²) in [4.78, 5) is 13.6. The molecule has 1 fully saturated rings. The molecule has 1 amide bonds. The SMILES string of the molecule is CNC(=O)CCN1CCC(CNCC(C)C)CC1. The summed E-state index contributed by atoms with van der Waals surface area (Å²) in [7, 11) is 1.70. The van der Waals surface area contributed by atoms with Gasteiger partial charge in [-0.05, 0) is 50.9 Å². The zero-order valence-corrected chi connectivity index (χ0v) is 12.2. The van der Waals surface area contributed by atoms with Gasteiger partial charge in [0.15, 0.2) is 0 Å². The number of piperidine rings is 1. The standard InChI is InChI=1S/C14H29N3O/c1-12(2)10-16-11-13-4-7-17(8-5-13)9-6-14(18)15-3/h12-13,16H,4-11H2,1-3H3,(H,15,18). The lowest BCUT2D eigenvalue weighted by Crippen LogP contribution is -2.39.